The summed E-state index contributed by atoms with van der Waals surface area (Å²) in [6, 6.07) is 7.80. The Bertz CT molecular complexity index is 716. The van der Waals surface area contributed by atoms with Gasteiger partial charge in [-0.05, 0) is 70.5 Å². The molecule has 53 heavy (non-hydrogen) atoms. The average Bonchev–Trinajstić information content (AvgIpc) is 3.11. The predicted octanol–water partition coefficient (Wildman–Crippen LogP) is 15.9. The monoisotopic (exact) mass is 1390 g/mol. The van der Waals surface area contributed by atoms with Gasteiger partial charge < -0.3 is 42.2 Å². The standard InChI is InChI=1S/C8H11NO.C7H9N.2C5H11N.3C3H8.2C2H6.CH3I.2CH4.3HI.V.2Y/c1-3-10-8-5-4-6-9-7(8)2;1-6-4-3-5-8-7(6)2;2*1-4-6(3)5-2;3*1-3-2;3*1-2;;;;;;;;/h4-6H,3H2,1-2H3;3-5H,1-2H3;2*1-2,4-5H2,3H3;3*3H2,1-2H3;2*1-2H3;1H3;2*1H4;3*1H;;;/q;;2*-2;;;;;;;;;;;;+3;;/p-3. The van der Waals surface area contributed by atoms with Crippen LogP contribution in [0.25, 0.3) is 0 Å². The number of alkyl halides is 1. The molecule has 0 saturated carbocycles. The molecule has 0 aliphatic heterocycles. The second-order valence-corrected chi connectivity index (χ2v) is 44.2. The van der Waals surface area contributed by atoms with Crippen LogP contribution < -0.4 is 4.74 Å². The molecule has 0 N–H and O–H groups in total. The van der Waals surface area contributed by atoms with Crippen LogP contribution in [0.15, 0.2) is 36.7 Å². The van der Waals surface area contributed by atoms with Gasteiger partial charge >= 0.3 is 64.9 Å². The number of aryl methyl sites for hydroxylation is 3. The Labute approximate surface area is 440 Å². The van der Waals surface area contributed by atoms with Crippen molar-refractivity contribution in [1.29, 1.82) is 0 Å². The van der Waals surface area contributed by atoms with Gasteiger partial charge in [0.05, 0.1) is 12.3 Å². The molecule has 0 unspecified atom stereocenters. The maximum Gasteiger partial charge on any atom is 0 e. The molecule has 2 radical (unpaired) electrons. The fourth-order valence-corrected chi connectivity index (χ4v) is 1.57. The van der Waals surface area contributed by atoms with Crippen LogP contribution in [0.4, 0.5) is 0 Å². The molecule has 0 aliphatic rings. The first-order valence-corrected chi connectivity index (χ1v) is 33.0. The number of hydrogen-bond donors (Lipinski definition) is 0. The number of pyridine rings is 2. The van der Waals surface area contributed by atoms with Crippen molar-refractivity contribution in [3.8, 4) is 5.75 Å². The van der Waals surface area contributed by atoms with E-state index >= 15 is 0 Å². The molecular weight excluding hydrogens is 1300 g/mol. The Morgan fingerprint density at radius 1 is 0.604 bits per heavy atom. The van der Waals surface area contributed by atoms with Gasteiger partial charge in [0.15, 0.2) is 0 Å². The molecule has 0 aromatic carbocycles. The Hall–Kier alpha value is 3.73. The molecular formula is C41H89I4N4OVY2-4. The van der Waals surface area contributed by atoms with E-state index in [0.717, 1.165) is 43.3 Å². The summed E-state index contributed by atoms with van der Waals surface area (Å²) >= 11 is 9.54. The van der Waals surface area contributed by atoms with Gasteiger partial charge in [-0.3, -0.25) is 9.97 Å². The second-order valence-electron chi connectivity index (χ2n) is 8.85. The van der Waals surface area contributed by atoms with Gasteiger partial charge in [-0.1, -0.05) is 132 Å². The van der Waals surface area contributed by atoms with Crippen molar-refractivity contribution < 1.29 is 75.1 Å². The summed E-state index contributed by atoms with van der Waals surface area (Å²) in [5.74, 6) is 0.880. The number of nitrogens with zero attached hydrogens (tertiary/aromatic N) is 4. The van der Waals surface area contributed by atoms with Crippen molar-refractivity contribution in [1.82, 2.24) is 19.8 Å². The Morgan fingerprint density at radius 3 is 1.00 bits per heavy atom. The minimum Gasteiger partial charge on any atom is 0 e. The minimum atomic E-state index is -0.278. The number of aromatic nitrogens is 2. The van der Waals surface area contributed by atoms with Crippen molar-refractivity contribution in [3.05, 3.63) is 81.3 Å². The number of halogens is 4. The zero-order valence-corrected chi connectivity index (χ0v) is 52.0. The topological polar surface area (TPSA) is 41.5 Å². The van der Waals surface area contributed by atoms with Crippen LogP contribution in [-0.2, 0) is 70.3 Å². The van der Waals surface area contributed by atoms with Gasteiger partial charge in [0.2, 0.25) is 0 Å². The zero-order valence-electron chi connectivity index (χ0n) is 36.3. The van der Waals surface area contributed by atoms with Gasteiger partial charge in [-0.25, -0.2) is 0 Å². The average molecular weight is 1390 g/mol. The van der Waals surface area contributed by atoms with Gasteiger partial charge in [-0.15, -0.1) is 26.2 Å². The molecule has 322 valence electrons. The van der Waals surface area contributed by atoms with E-state index in [1.54, 1.807) is 6.20 Å². The summed E-state index contributed by atoms with van der Waals surface area (Å²) in [4.78, 5) is 13.9. The molecule has 0 saturated heterocycles. The Balaban J connectivity index is -0.0000000314. The molecule has 0 fully saturated rings. The van der Waals surface area contributed by atoms with Crippen LogP contribution in [0.3, 0.4) is 0 Å². The van der Waals surface area contributed by atoms with Crippen molar-refractivity contribution in [2.75, 3.05) is 51.8 Å². The third-order valence-corrected chi connectivity index (χ3v) is 4.06. The number of hydrogen-bond acceptors (Lipinski definition) is 5. The van der Waals surface area contributed by atoms with Gasteiger partial charge in [0, 0.05) is 83.5 Å². The predicted molar refractivity (Wildman–Crippen MR) is 276 cm³/mol. The van der Waals surface area contributed by atoms with E-state index in [1.807, 2.05) is 102 Å². The van der Waals surface area contributed by atoms with Crippen molar-refractivity contribution >= 4 is 82.5 Å². The second kappa shape index (κ2) is 95.9. The summed E-state index contributed by atoms with van der Waals surface area (Å²) in [6.45, 7) is 47.4. The van der Waals surface area contributed by atoms with Crippen LogP contribution in [-0.4, -0.2) is 71.6 Å². The first-order chi connectivity index (χ1) is 23.2. The number of ether oxygens (including phenoxy) is 1. The SMILES string of the molecule is C.C.CC.CC.CCC.CCC.CCC.CCOc1cccnc1C.CI.Cc1cccnc1C.[CH2-]CN(C)C[CH2-].[CH2-]CN(C)C[CH2-].[I][V]([I])[I].[Y].[Y]. The van der Waals surface area contributed by atoms with E-state index in [9.17, 15) is 0 Å². The maximum atomic E-state index is 5.27. The fraction of sp³-hybridized carbons (Fsp3) is 0.659. The first kappa shape index (κ1) is 92.1. The van der Waals surface area contributed by atoms with Gasteiger partial charge in [0.1, 0.15) is 5.75 Å². The molecule has 12 heteroatoms. The van der Waals surface area contributed by atoms with Gasteiger partial charge in [0.25, 0.3) is 0 Å². The molecule has 0 spiro atoms. The minimum absolute atomic E-state index is 0. The molecule has 2 rings (SSSR count). The largest absolute Gasteiger partial charge is 0 e. The molecule has 2 aromatic heterocycles. The van der Waals surface area contributed by atoms with E-state index in [0.29, 0.717) is 6.61 Å². The summed E-state index contributed by atoms with van der Waals surface area (Å²) in [6.07, 6.45) is 7.32. The first-order valence-electron chi connectivity index (χ1n) is 17.4. The van der Waals surface area contributed by atoms with Crippen molar-refractivity contribution in [2.45, 2.75) is 131 Å². The Kier molecular flexibility index (Phi) is 167. The van der Waals surface area contributed by atoms with E-state index < -0.39 is 0 Å². The molecule has 0 aliphatic carbocycles. The summed E-state index contributed by atoms with van der Waals surface area (Å²) < 4.78 is 5.27. The van der Waals surface area contributed by atoms with Crippen LogP contribution in [0.5, 0.6) is 5.75 Å². The van der Waals surface area contributed by atoms with Crippen LogP contribution >= 0.6 is 82.5 Å². The molecule has 5 nitrogen and oxygen atoms in total. The number of rotatable bonds is 6. The molecule has 0 atom stereocenters. The zero-order chi connectivity index (χ0) is 41.1. The fourth-order valence-electron chi connectivity index (χ4n) is 1.57. The van der Waals surface area contributed by atoms with Crippen LogP contribution in [0, 0.1) is 48.5 Å². The van der Waals surface area contributed by atoms with E-state index in [-0.39, 0.29) is 85.2 Å². The third-order valence-electron chi connectivity index (χ3n) is 4.06. The smallest absolute Gasteiger partial charge is 0 e. The maximum absolute atomic E-state index is 5.27. The van der Waals surface area contributed by atoms with E-state index in [1.165, 1.54) is 24.8 Å². The van der Waals surface area contributed by atoms with Crippen LogP contribution in [0.2, 0.25) is 0 Å². The third kappa shape index (κ3) is 119. The van der Waals surface area contributed by atoms with Gasteiger partial charge in [-0.2, -0.15) is 0 Å². The molecule has 2 heterocycles. The summed E-state index contributed by atoms with van der Waals surface area (Å²) in [5.41, 5.74) is 3.32. The van der Waals surface area contributed by atoms with Crippen molar-refractivity contribution in [2.24, 2.45) is 0 Å². The normalized spacial score (nSPS) is 7.47. The quantitative estimate of drug-likeness (QED) is 0.164. The van der Waals surface area contributed by atoms with E-state index in [2.05, 4.69) is 175 Å². The van der Waals surface area contributed by atoms with Crippen molar-refractivity contribution in [3.63, 3.8) is 0 Å². The van der Waals surface area contributed by atoms with E-state index in [4.69, 9.17) is 4.74 Å². The summed E-state index contributed by atoms with van der Waals surface area (Å²) in [7, 11) is 3.97. The van der Waals surface area contributed by atoms with Crippen LogP contribution in [0.1, 0.15) is 127 Å². The summed E-state index contributed by atoms with van der Waals surface area (Å²) in [5, 5.41) is 0. The molecule has 0 amide bonds. The molecule has 0 bridgehead atoms. The molecule has 2 aromatic rings. The Morgan fingerprint density at radius 2 is 0.849 bits per heavy atom.